The molecule has 2 heterocycles. The average Bonchev–Trinajstić information content (AvgIpc) is 3.07. The second kappa shape index (κ2) is 5.66. The van der Waals surface area contributed by atoms with Crippen molar-refractivity contribution in [3.05, 3.63) is 17.0 Å². The quantitative estimate of drug-likeness (QED) is 0.855. The van der Waals surface area contributed by atoms with Crippen LogP contribution in [0, 0.1) is 13.8 Å². The molecule has 2 aliphatic rings. The molecule has 3 atom stereocenters. The summed E-state index contributed by atoms with van der Waals surface area (Å²) in [7, 11) is 3.49. The maximum atomic E-state index is 13.0. The van der Waals surface area contributed by atoms with Gasteiger partial charge < -0.3 is 18.9 Å². The van der Waals surface area contributed by atoms with Crippen LogP contribution in [0.15, 0.2) is 4.52 Å². The number of carbonyl (C=O) groups is 1. The summed E-state index contributed by atoms with van der Waals surface area (Å²) in [5.41, 5.74) is 1.01. The minimum absolute atomic E-state index is 0.00284. The van der Waals surface area contributed by atoms with Gasteiger partial charge in [0, 0.05) is 20.8 Å². The molecule has 0 radical (unpaired) electrons. The van der Waals surface area contributed by atoms with Gasteiger partial charge in [-0.05, 0) is 39.5 Å². The van der Waals surface area contributed by atoms with E-state index < -0.39 is 0 Å². The lowest BCUT2D eigenvalue weighted by Gasteiger charge is -2.43. The minimum atomic E-state index is -0.232. The van der Waals surface area contributed by atoms with E-state index in [1.807, 2.05) is 11.8 Å². The molecule has 1 aromatic rings. The second-order valence-electron chi connectivity index (χ2n) is 6.36. The van der Waals surface area contributed by atoms with Crippen LogP contribution >= 0.6 is 0 Å². The zero-order valence-corrected chi connectivity index (χ0v) is 13.7. The number of nitrogens with zero attached hydrogens (tertiary/aromatic N) is 2. The van der Waals surface area contributed by atoms with Gasteiger partial charge in [0.1, 0.15) is 11.3 Å². The number of rotatable bonds is 3. The molecule has 1 aliphatic heterocycles. The Kier molecular flexibility index (Phi) is 3.99. The largest absolute Gasteiger partial charge is 0.381 e. The molecule has 0 bridgehead atoms. The van der Waals surface area contributed by atoms with Crippen molar-refractivity contribution in [1.82, 2.24) is 10.1 Å². The summed E-state index contributed by atoms with van der Waals surface area (Å²) >= 11 is 0. The fourth-order valence-corrected chi connectivity index (χ4v) is 4.05. The van der Waals surface area contributed by atoms with Crippen LogP contribution < -0.4 is 0 Å². The van der Waals surface area contributed by atoms with Crippen LogP contribution in [-0.2, 0) is 9.47 Å². The lowest BCUT2D eigenvalue weighted by molar-refractivity contribution is -0.0893. The number of likely N-dealkylation sites (tertiary alicyclic amines) is 1. The van der Waals surface area contributed by atoms with E-state index in [2.05, 4.69) is 5.16 Å². The molecule has 1 aromatic heterocycles. The number of hydrogen-bond donors (Lipinski definition) is 0. The van der Waals surface area contributed by atoms with E-state index in [0.29, 0.717) is 23.6 Å². The fraction of sp³-hybridized carbons (Fsp3) is 0.750. The predicted octanol–water partition coefficient (Wildman–Crippen LogP) is 2.09. The molecule has 0 spiro atoms. The van der Waals surface area contributed by atoms with E-state index in [4.69, 9.17) is 14.0 Å². The Morgan fingerprint density at radius 1 is 1.36 bits per heavy atom. The van der Waals surface area contributed by atoms with Crippen molar-refractivity contribution < 1.29 is 18.8 Å². The summed E-state index contributed by atoms with van der Waals surface area (Å²) in [6.45, 7) is 4.30. The first kappa shape index (κ1) is 15.5. The van der Waals surface area contributed by atoms with Gasteiger partial charge in [-0.15, -0.1) is 0 Å². The standard InChI is InChI=1S/C16H24N2O4/c1-10-14(11(2)22-17-10)15(19)18-8-7-16(21-4)6-5-12(20-3)9-13(16)18/h12-13H,5-9H2,1-4H3/t12-,13+,16-/m0/s1. The van der Waals surface area contributed by atoms with Gasteiger partial charge in [0.2, 0.25) is 0 Å². The minimum Gasteiger partial charge on any atom is -0.381 e. The summed E-state index contributed by atoms with van der Waals surface area (Å²) in [5, 5.41) is 3.90. The third-order valence-corrected chi connectivity index (χ3v) is 5.38. The molecule has 1 aliphatic carbocycles. The van der Waals surface area contributed by atoms with Crippen LogP contribution in [0.25, 0.3) is 0 Å². The topological polar surface area (TPSA) is 64.8 Å². The molecule has 1 saturated heterocycles. The van der Waals surface area contributed by atoms with Crippen molar-refractivity contribution in [3.8, 4) is 0 Å². The van der Waals surface area contributed by atoms with Crippen molar-refractivity contribution in [2.75, 3.05) is 20.8 Å². The number of carbonyl (C=O) groups excluding carboxylic acids is 1. The van der Waals surface area contributed by atoms with Crippen LogP contribution in [0.3, 0.4) is 0 Å². The Balaban J connectivity index is 1.89. The highest BCUT2D eigenvalue weighted by molar-refractivity contribution is 5.96. The Hall–Kier alpha value is -1.40. The first-order valence-electron chi connectivity index (χ1n) is 7.84. The number of aryl methyl sites for hydroxylation is 2. The van der Waals surface area contributed by atoms with Crippen LogP contribution in [0.2, 0.25) is 0 Å². The van der Waals surface area contributed by atoms with Crippen molar-refractivity contribution in [2.24, 2.45) is 0 Å². The number of fused-ring (bicyclic) bond motifs is 1. The number of methoxy groups -OCH3 is 2. The fourth-order valence-electron chi connectivity index (χ4n) is 4.05. The Morgan fingerprint density at radius 2 is 2.14 bits per heavy atom. The molecular weight excluding hydrogens is 284 g/mol. The van der Waals surface area contributed by atoms with E-state index in [1.54, 1.807) is 21.1 Å². The number of amides is 1. The molecule has 0 aromatic carbocycles. The van der Waals surface area contributed by atoms with E-state index in [0.717, 1.165) is 25.7 Å². The highest BCUT2D eigenvalue weighted by Crippen LogP contribution is 2.43. The van der Waals surface area contributed by atoms with Crippen molar-refractivity contribution >= 4 is 5.91 Å². The zero-order valence-electron chi connectivity index (χ0n) is 13.7. The second-order valence-corrected chi connectivity index (χ2v) is 6.36. The maximum absolute atomic E-state index is 13.0. The zero-order chi connectivity index (χ0) is 15.9. The van der Waals surface area contributed by atoms with E-state index >= 15 is 0 Å². The van der Waals surface area contributed by atoms with Gasteiger partial charge in [0.25, 0.3) is 5.91 Å². The molecule has 3 rings (SSSR count). The first-order chi connectivity index (χ1) is 10.5. The highest BCUT2D eigenvalue weighted by atomic mass is 16.5. The van der Waals surface area contributed by atoms with Gasteiger partial charge in [-0.25, -0.2) is 0 Å². The van der Waals surface area contributed by atoms with Gasteiger partial charge >= 0.3 is 0 Å². The van der Waals surface area contributed by atoms with Gasteiger partial charge in [-0.3, -0.25) is 4.79 Å². The Morgan fingerprint density at radius 3 is 2.73 bits per heavy atom. The molecular formula is C16H24N2O4. The molecule has 122 valence electrons. The molecule has 6 heteroatoms. The molecule has 22 heavy (non-hydrogen) atoms. The first-order valence-corrected chi connectivity index (χ1v) is 7.84. The summed E-state index contributed by atoms with van der Waals surface area (Å²) in [6.07, 6.45) is 3.79. The molecule has 0 unspecified atom stereocenters. The average molecular weight is 308 g/mol. The lowest BCUT2D eigenvalue weighted by Crippen LogP contribution is -2.53. The maximum Gasteiger partial charge on any atom is 0.259 e. The summed E-state index contributed by atoms with van der Waals surface area (Å²) in [5.74, 6) is 0.577. The molecule has 1 amide bonds. The van der Waals surface area contributed by atoms with Crippen molar-refractivity contribution in [2.45, 2.75) is 57.3 Å². The summed E-state index contributed by atoms with van der Waals surface area (Å²) in [4.78, 5) is 14.9. The molecule has 1 saturated carbocycles. The molecule has 6 nitrogen and oxygen atoms in total. The SMILES string of the molecule is CO[C@H]1CC[C@]2(OC)CCN(C(=O)c3c(C)noc3C)[C@@H]2C1. The highest BCUT2D eigenvalue weighted by Gasteiger charge is 2.53. The molecule has 2 fully saturated rings. The van der Waals surface area contributed by atoms with E-state index in [9.17, 15) is 4.79 Å². The lowest BCUT2D eigenvalue weighted by atomic mass is 9.79. The van der Waals surface area contributed by atoms with Crippen LogP contribution in [0.5, 0.6) is 0 Å². The van der Waals surface area contributed by atoms with Crippen molar-refractivity contribution in [1.29, 1.82) is 0 Å². The van der Waals surface area contributed by atoms with Gasteiger partial charge in [0.05, 0.1) is 23.4 Å². The predicted molar refractivity (Wildman–Crippen MR) is 79.8 cm³/mol. The monoisotopic (exact) mass is 308 g/mol. The third-order valence-electron chi connectivity index (χ3n) is 5.38. The summed E-state index contributed by atoms with van der Waals surface area (Å²) in [6, 6.07) is 0.0531. The number of aromatic nitrogens is 1. The number of hydrogen-bond acceptors (Lipinski definition) is 5. The summed E-state index contributed by atoms with van der Waals surface area (Å²) < 4.78 is 16.5. The van der Waals surface area contributed by atoms with Gasteiger partial charge in [-0.2, -0.15) is 0 Å². The molecule has 0 N–H and O–H groups in total. The van der Waals surface area contributed by atoms with Gasteiger partial charge in [-0.1, -0.05) is 5.16 Å². The van der Waals surface area contributed by atoms with Crippen LogP contribution in [0.4, 0.5) is 0 Å². The van der Waals surface area contributed by atoms with Crippen molar-refractivity contribution in [3.63, 3.8) is 0 Å². The number of ether oxygens (including phenoxy) is 2. The normalized spacial score (nSPS) is 31.4. The third kappa shape index (κ3) is 2.25. The van der Waals surface area contributed by atoms with E-state index in [-0.39, 0.29) is 23.7 Å². The Labute approximate surface area is 130 Å². The van der Waals surface area contributed by atoms with Crippen LogP contribution in [0.1, 0.15) is 47.5 Å². The Bertz CT molecular complexity index is 551. The smallest absolute Gasteiger partial charge is 0.259 e. The van der Waals surface area contributed by atoms with E-state index in [1.165, 1.54) is 0 Å². The van der Waals surface area contributed by atoms with Crippen LogP contribution in [-0.4, -0.2) is 54.5 Å². The van der Waals surface area contributed by atoms with Gasteiger partial charge in [0.15, 0.2) is 0 Å².